The number of fused-ring (bicyclic) bond motifs is 1. The van der Waals surface area contributed by atoms with Crippen LogP contribution >= 0.6 is 0 Å². The normalized spacial score (nSPS) is 20.6. The van der Waals surface area contributed by atoms with Gasteiger partial charge in [0.2, 0.25) is 0 Å². The van der Waals surface area contributed by atoms with Crippen molar-refractivity contribution in [1.29, 1.82) is 0 Å². The van der Waals surface area contributed by atoms with Gasteiger partial charge >= 0.3 is 0 Å². The molecule has 0 aliphatic carbocycles. The summed E-state index contributed by atoms with van der Waals surface area (Å²) in [5, 5.41) is 9.12. The second-order valence-electron chi connectivity index (χ2n) is 4.61. The van der Waals surface area contributed by atoms with E-state index in [4.69, 9.17) is 9.84 Å². The van der Waals surface area contributed by atoms with Crippen LogP contribution in [0.2, 0.25) is 0 Å². The van der Waals surface area contributed by atoms with Crippen LogP contribution in [0.5, 0.6) is 5.75 Å². The van der Waals surface area contributed by atoms with Gasteiger partial charge in [-0.05, 0) is 24.1 Å². The Morgan fingerprint density at radius 1 is 1.53 bits per heavy atom. The number of hydrogen-bond donors (Lipinski definition) is 1. The van der Waals surface area contributed by atoms with Crippen molar-refractivity contribution in [1.82, 2.24) is 0 Å². The molecule has 2 atom stereocenters. The van der Waals surface area contributed by atoms with Crippen molar-refractivity contribution in [2.45, 2.75) is 38.7 Å². The van der Waals surface area contributed by atoms with Crippen molar-refractivity contribution in [3.63, 3.8) is 0 Å². The van der Waals surface area contributed by atoms with Gasteiger partial charge in [-0.3, -0.25) is 4.79 Å². The van der Waals surface area contributed by atoms with Crippen molar-refractivity contribution < 1.29 is 14.6 Å². The van der Waals surface area contributed by atoms with Crippen molar-refractivity contribution >= 4 is 5.78 Å². The molecular formula is C14H18O3. The Bertz CT molecular complexity index is 425. The molecule has 1 heterocycles. The average Bonchev–Trinajstić information content (AvgIpc) is 2.37. The third kappa shape index (κ3) is 2.34. The molecule has 17 heavy (non-hydrogen) atoms. The van der Waals surface area contributed by atoms with Crippen molar-refractivity contribution in [3.05, 3.63) is 29.3 Å². The van der Waals surface area contributed by atoms with Crippen LogP contribution < -0.4 is 4.74 Å². The second kappa shape index (κ2) is 4.88. The van der Waals surface area contributed by atoms with Crippen LogP contribution in [0.25, 0.3) is 0 Å². The lowest BCUT2D eigenvalue weighted by Gasteiger charge is -2.25. The molecule has 0 bridgehead atoms. The molecule has 0 amide bonds. The number of benzene rings is 1. The summed E-state index contributed by atoms with van der Waals surface area (Å²) >= 11 is 0. The topological polar surface area (TPSA) is 46.5 Å². The van der Waals surface area contributed by atoms with E-state index in [1.54, 1.807) is 0 Å². The number of aliphatic hydroxyl groups excluding tert-OH is 1. The quantitative estimate of drug-likeness (QED) is 0.874. The first-order valence-electron chi connectivity index (χ1n) is 6.10. The van der Waals surface area contributed by atoms with E-state index in [0.717, 1.165) is 12.0 Å². The molecule has 0 aromatic heterocycles. The molecule has 92 valence electrons. The third-order valence-electron chi connectivity index (χ3n) is 3.31. The minimum absolute atomic E-state index is 0.0103. The fraction of sp³-hybridized carbons (Fsp3) is 0.500. The van der Waals surface area contributed by atoms with Gasteiger partial charge in [0, 0.05) is 18.9 Å². The molecule has 0 spiro atoms. The highest BCUT2D eigenvalue weighted by Gasteiger charge is 2.25. The SMILES string of the molecule is CCC1CC(=O)c2cc(C(C)CO)ccc2O1. The molecule has 1 N–H and O–H groups in total. The highest BCUT2D eigenvalue weighted by atomic mass is 16.5. The molecule has 1 aromatic rings. The van der Waals surface area contributed by atoms with Gasteiger partial charge in [-0.15, -0.1) is 0 Å². The number of Topliss-reactive ketones (excluding diaryl/α,β-unsaturated/α-hetero) is 1. The van der Waals surface area contributed by atoms with Crippen LogP contribution in [0.1, 0.15) is 48.5 Å². The van der Waals surface area contributed by atoms with Gasteiger partial charge in [0.05, 0.1) is 5.56 Å². The van der Waals surface area contributed by atoms with Crippen LogP contribution in [0.15, 0.2) is 18.2 Å². The summed E-state index contributed by atoms with van der Waals surface area (Å²) in [6, 6.07) is 5.62. The maximum absolute atomic E-state index is 12.0. The number of rotatable bonds is 3. The highest BCUT2D eigenvalue weighted by molar-refractivity contribution is 6.00. The number of ketones is 1. The van der Waals surface area contributed by atoms with E-state index in [-0.39, 0.29) is 24.4 Å². The third-order valence-corrected chi connectivity index (χ3v) is 3.31. The molecule has 1 aliphatic heterocycles. The van der Waals surface area contributed by atoms with E-state index in [9.17, 15) is 4.79 Å². The summed E-state index contributed by atoms with van der Waals surface area (Å²) in [6.45, 7) is 4.04. The molecule has 1 aliphatic rings. The van der Waals surface area contributed by atoms with Gasteiger partial charge in [0.15, 0.2) is 5.78 Å². The van der Waals surface area contributed by atoms with E-state index < -0.39 is 0 Å². The van der Waals surface area contributed by atoms with Crippen LogP contribution in [-0.4, -0.2) is 23.6 Å². The molecule has 0 fully saturated rings. The lowest BCUT2D eigenvalue weighted by molar-refractivity contribution is 0.0845. The van der Waals surface area contributed by atoms with E-state index in [0.29, 0.717) is 17.7 Å². The predicted molar refractivity (Wildman–Crippen MR) is 65.6 cm³/mol. The summed E-state index contributed by atoms with van der Waals surface area (Å²) in [5.41, 5.74) is 1.64. The van der Waals surface area contributed by atoms with Crippen LogP contribution in [0, 0.1) is 0 Å². The Morgan fingerprint density at radius 2 is 2.29 bits per heavy atom. The van der Waals surface area contributed by atoms with Gasteiger partial charge in [-0.1, -0.05) is 19.9 Å². The predicted octanol–water partition coefficient (Wildman–Crippen LogP) is 2.53. The zero-order valence-corrected chi connectivity index (χ0v) is 10.3. The minimum atomic E-state index is 0.0103. The van der Waals surface area contributed by atoms with Crippen LogP contribution in [0.3, 0.4) is 0 Å². The first kappa shape index (κ1) is 12.1. The lowest BCUT2D eigenvalue weighted by atomic mass is 9.94. The number of carbonyl (C=O) groups excluding carboxylic acids is 1. The van der Waals surface area contributed by atoms with Crippen molar-refractivity contribution in [2.24, 2.45) is 0 Å². The molecule has 0 saturated carbocycles. The summed E-state index contributed by atoms with van der Waals surface area (Å²) in [4.78, 5) is 12.0. The monoisotopic (exact) mass is 234 g/mol. The first-order chi connectivity index (χ1) is 8.15. The van der Waals surface area contributed by atoms with Crippen LogP contribution in [-0.2, 0) is 0 Å². The molecule has 2 unspecified atom stereocenters. The largest absolute Gasteiger partial charge is 0.489 e. The Labute approximate surface area is 101 Å². The van der Waals surface area contributed by atoms with Gasteiger partial charge < -0.3 is 9.84 Å². The zero-order chi connectivity index (χ0) is 12.4. The maximum Gasteiger partial charge on any atom is 0.170 e. The molecule has 0 radical (unpaired) electrons. The number of aliphatic hydroxyl groups is 1. The summed E-state index contributed by atoms with van der Waals surface area (Å²) in [7, 11) is 0. The molecule has 3 heteroatoms. The van der Waals surface area contributed by atoms with E-state index in [1.165, 1.54) is 0 Å². The smallest absolute Gasteiger partial charge is 0.170 e. The molecular weight excluding hydrogens is 216 g/mol. The van der Waals surface area contributed by atoms with Gasteiger partial charge in [-0.2, -0.15) is 0 Å². The van der Waals surface area contributed by atoms with Crippen LogP contribution in [0.4, 0.5) is 0 Å². The maximum atomic E-state index is 12.0. The Hall–Kier alpha value is -1.35. The molecule has 3 nitrogen and oxygen atoms in total. The van der Waals surface area contributed by atoms with E-state index >= 15 is 0 Å². The van der Waals surface area contributed by atoms with Crippen molar-refractivity contribution in [3.8, 4) is 5.75 Å². The second-order valence-corrected chi connectivity index (χ2v) is 4.61. The number of hydrogen-bond acceptors (Lipinski definition) is 3. The molecule has 1 aromatic carbocycles. The molecule has 0 saturated heterocycles. The highest BCUT2D eigenvalue weighted by Crippen LogP contribution is 2.31. The minimum Gasteiger partial charge on any atom is -0.489 e. The van der Waals surface area contributed by atoms with Gasteiger partial charge in [-0.25, -0.2) is 0 Å². The Kier molecular flexibility index (Phi) is 3.48. The van der Waals surface area contributed by atoms with E-state index in [1.807, 2.05) is 32.0 Å². The average molecular weight is 234 g/mol. The first-order valence-corrected chi connectivity index (χ1v) is 6.10. The summed E-state index contributed by atoms with van der Waals surface area (Å²) in [5.74, 6) is 0.879. The van der Waals surface area contributed by atoms with Crippen molar-refractivity contribution in [2.75, 3.05) is 6.61 Å². The standard InChI is InChI=1S/C14H18O3/c1-3-11-7-13(16)12-6-10(9(2)8-15)4-5-14(12)17-11/h4-6,9,11,15H,3,7-8H2,1-2H3. The van der Waals surface area contributed by atoms with Gasteiger partial charge in [0.25, 0.3) is 0 Å². The fourth-order valence-corrected chi connectivity index (χ4v) is 2.05. The van der Waals surface area contributed by atoms with E-state index in [2.05, 4.69) is 0 Å². The summed E-state index contributed by atoms with van der Waals surface area (Å²) in [6.07, 6.45) is 1.32. The fourth-order valence-electron chi connectivity index (χ4n) is 2.05. The zero-order valence-electron chi connectivity index (χ0n) is 10.3. The van der Waals surface area contributed by atoms with Gasteiger partial charge in [0.1, 0.15) is 11.9 Å². The number of ether oxygens (including phenoxy) is 1. The molecule has 2 rings (SSSR count). The Morgan fingerprint density at radius 3 is 2.94 bits per heavy atom. The summed E-state index contributed by atoms with van der Waals surface area (Å²) < 4.78 is 5.74. The number of carbonyl (C=O) groups is 1. The lowest BCUT2D eigenvalue weighted by Crippen LogP contribution is -2.26. The Balaban J connectivity index is 2.33.